The summed E-state index contributed by atoms with van der Waals surface area (Å²) in [5.41, 5.74) is 27.0. The largest absolute Gasteiger partial charge is 0.333 e. The van der Waals surface area contributed by atoms with E-state index >= 15 is 0 Å². The fraction of sp³-hybridized carbons (Fsp3) is 1.00. The molecule has 0 bridgehead atoms. The summed E-state index contributed by atoms with van der Waals surface area (Å²) in [4.78, 5) is 0. The van der Waals surface area contributed by atoms with Crippen LogP contribution in [0.25, 0.3) is 0 Å². The Labute approximate surface area is 180 Å². The number of unbranched alkanes of at least 4 members (excludes halogenated alkanes) is 8. The number of rotatable bonds is 12. The zero-order valence-corrected chi connectivity index (χ0v) is 21.5. The van der Waals surface area contributed by atoms with Gasteiger partial charge in [-0.3, -0.25) is 0 Å². The topological polar surface area (TPSA) is 156 Å². The molecule has 0 aliphatic carbocycles. The van der Waals surface area contributed by atoms with E-state index in [4.69, 9.17) is 0 Å². The monoisotopic (exact) mass is 413 g/mol. The smallest absolute Gasteiger partial charge is 0.0195 e. The van der Waals surface area contributed by atoms with Crippen LogP contribution < -0.4 is 34.4 Å². The maximum Gasteiger partial charge on any atom is -0.0195 e. The minimum absolute atomic E-state index is 0.975. The van der Waals surface area contributed by atoms with Gasteiger partial charge in [0.05, 0.1) is 0 Å². The minimum atomic E-state index is 0.975. The van der Waals surface area contributed by atoms with Crippen LogP contribution in [-0.2, 0) is 0 Å². The van der Waals surface area contributed by atoms with E-state index in [1.54, 1.807) is 0 Å². The predicted molar refractivity (Wildman–Crippen MR) is 137 cm³/mol. The van der Waals surface area contributed by atoms with Crippen LogP contribution >= 0.6 is 0 Å². The third-order valence-corrected chi connectivity index (χ3v) is 3.60. The van der Waals surface area contributed by atoms with Gasteiger partial charge in [0.1, 0.15) is 0 Å². The molecule has 0 atom stereocenters. The molecule has 12 N–H and O–H groups in total. The Morgan fingerprint density at radius 3 is 0.821 bits per heavy atom. The van der Waals surface area contributed by atoms with Gasteiger partial charge in [0.2, 0.25) is 0 Å². The lowest BCUT2D eigenvalue weighted by atomic mass is 9.96. The number of hydrogen-bond acceptors (Lipinski definition) is 6. The summed E-state index contributed by atoms with van der Waals surface area (Å²) < 4.78 is 0. The van der Waals surface area contributed by atoms with Gasteiger partial charge in [-0.15, -0.1) is 0 Å². The third-order valence-electron chi connectivity index (χ3n) is 3.60. The van der Waals surface area contributed by atoms with E-state index in [1.807, 2.05) is 0 Å². The Hall–Kier alpha value is -0.240. The number of hydrogen-bond donors (Lipinski definition) is 6. The number of nitrogens with two attached hydrogens (primary N) is 6. The second-order valence-corrected chi connectivity index (χ2v) is 5.51. The van der Waals surface area contributed by atoms with Gasteiger partial charge in [0.25, 0.3) is 0 Å². The van der Waals surface area contributed by atoms with Gasteiger partial charge in [-0.05, 0) is 48.2 Å². The highest BCUT2D eigenvalue weighted by Crippen LogP contribution is 2.17. The van der Waals surface area contributed by atoms with Crippen LogP contribution in [-0.4, -0.2) is 42.3 Å². The van der Waals surface area contributed by atoms with E-state index in [9.17, 15) is 0 Å². The molecular weight excluding hydrogens is 348 g/mol. The van der Waals surface area contributed by atoms with Crippen molar-refractivity contribution in [3.63, 3.8) is 0 Å². The van der Waals surface area contributed by atoms with Crippen LogP contribution in [0.2, 0.25) is 0 Å². The van der Waals surface area contributed by atoms with Gasteiger partial charge in [0, 0.05) is 0 Å². The van der Waals surface area contributed by atoms with E-state index in [0.29, 0.717) is 0 Å². The summed E-state index contributed by atoms with van der Waals surface area (Å²) in [6.45, 7) is 7.03. The van der Waals surface area contributed by atoms with Crippen molar-refractivity contribution in [2.24, 2.45) is 40.3 Å². The molecule has 0 saturated heterocycles. The van der Waals surface area contributed by atoms with Gasteiger partial charge >= 0.3 is 0 Å². The molecule has 182 valence electrons. The van der Waals surface area contributed by atoms with E-state index < -0.39 is 0 Å². The van der Waals surface area contributed by atoms with Crippen LogP contribution in [0.3, 0.4) is 0 Å². The van der Waals surface area contributed by atoms with Crippen molar-refractivity contribution in [3.8, 4) is 0 Å². The third kappa shape index (κ3) is 83.4. The SMILES string of the molecule is CCCCCCCC(C)CCCCCCC.CN.CN.CN.CN.CN.CN. The second-order valence-electron chi connectivity index (χ2n) is 5.51. The molecule has 0 aromatic heterocycles. The Morgan fingerprint density at radius 2 is 0.607 bits per heavy atom. The highest BCUT2D eigenvalue weighted by molar-refractivity contribution is 4.55. The highest BCUT2D eigenvalue weighted by atomic mass is 14.4. The molecule has 6 heteroatoms. The van der Waals surface area contributed by atoms with Crippen molar-refractivity contribution >= 4 is 0 Å². The normalized spacial score (nSPS) is 7.71. The van der Waals surface area contributed by atoms with Crippen molar-refractivity contribution in [3.05, 3.63) is 0 Å². The molecule has 6 nitrogen and oxygen atoms in total. The predicted octanol–water partition coefficient (Wildman–Crippen LogP) is 3.79. The average Bonchev–Trinajstić information content (AvgIpc) is 2.81. The van der Waals surface area contributed by atoms with Crippen LogP contribution in [0.1, 0.15) is 97.8 Å². The Bertz CT molecular complexity index is 124. The average molecular weight is 413 g/mol. The van der Waals surface area contributed by atoms with Crippen molar-refractivity contribution < 1.29 is 0 Å². The summed E-state index contributed by atoms with van der Waals surface area (Å²) in [6, 6.07) is 0. The van der Waals surface area contributed by atoms with Crippen LogP contribution in [0.5, 0.6) is 0 Å². The van der Waals surface area contributed by atoms with E-state index in [0.717, 1.165) is 5.92 Å². The quantitative estimate of drug-likeness (QED) is 0.268. The molecule has 0 aromatic carbocycles. The molecule has 0 spiro atoms. The first-order chi connectivity index (χ1) is 13.8. The molecule has 0 aliphatic heterocycles. The minimum Gasteiger partial charge on any atom is -0.333 e. The highest BCUT2D eigenvalue weighted by Gasteiger charge is 2.01. The molecule has 0 aromatic rings. The first-order valence-electron chi connectivity index (χ1n) is 11.3. The first-order valence-corrected chi connectivity index (χ1v) is 11.3. The maximum absolute atomic E-state index is 4.50. The summed E-state index contributed by atoms with van der Waals surface area (Å²) in [5, 5.41) is 0. The van der Waals surface area contributed by atoms with Crippen molar-refractivity contribution in [2.45, 2.75) is 97.8 Å². The van der Waals surface area contributed by atoms with Crippen molar-refractivity contribution in [1.82, 2.24) is 0 Å². The molecule has 0 amide bonds. The Morgan fingerprint density at radius 1 is 0.393 bits per heavy atom. The standard InChI is InChI=1S/C16H34.6CH5N/c1-4-6-8-10-12-14-16(3)15-13-11-9-7-5-2;6*1-2/h16H,4-15H2,1-3H3;6*2H2,1H3. The Balaban J connectivity index is -0.0000000622. The Kier molecular flexibility index (Phi) is 134. The van der Waals surface area contributed by atoms with E-state index in [1.165, 1.54) is 119 Å². The summed E-state index contributed by atoms with van der Waals surface area (Å²) in [5.74, 6) is 0.975. The molecular formula is C22H64N6. The maximum atomic E-state index is 4.50. The van der Waals surface area contributed by atoms with E-state index in [-0.39, 0.29) is 0 Å². The van der Waals surface area contributed by atoms with Crippen molar-refractivity contribution in [2.75, 3.05) is 42.3 Å². The summed E-state index contributed by atoms with van der Waals surface area (Å²) in [7, 11) is 9.00. The van der Waals surface area contributed by atoms with Crippen LogP contribution in [0, 0.1) is 5.92 Å². The zero-order valence-electron chi connectivity index (χ0n) is 21.5. The van der Waals surface area contributed by atoms with Crippen LogP contribution in [0.15, 0.2) is 0 Å². The fourth-order valence-corrected chi connectivity index (χ4v) is 2.34. The van der Waals surface area contributed by atoms with Gasteiger partial charge in [-0.1, -0.05) is 97.8 Å². The summed E-state index contributed by atoms with van der Waals surface area (Å²) in [6.07, 6.45) is 17.3. The van der Waals surface area contributed by atoms with Crippen molar-refractivity contribution in [1.29, 1.82) is 0 Å². The zero-order chi connectivity index (χ0) is 24.1. The molecule has 0 saturated carbocycles. The van der Waals surface area contributed by atoms with Gasteiger partial charge in [-0.2, -0.15) is 0 Å². The molecule has 0 aliphatic rings. The first kappa shape index (κ1) is 46.1. The van der Waals surface area contributed by atoms with E-state index in [2.05, 4.69) is 55.2 Å². The molecule has 28 heavy (non-hydrogen) atoms. The molecule has 0 unspecified atom stereocenters. The molecule has 0 fully saturated rings. The fourth-order valence-electron chi connectivity index (χ4n) is 2.34. The molecule has 0 radical (unpaired) electrons. The van der Waals surface area contributed by atoms with Gasteiger partial charge < -0.3 is 34.4 Å². The second kappa shape index (κ2) is 81.5. The van der Waals surface area contributed by atoms with Crippen LogP contribution in [0.4, 0.5) is 0 Å². The summed E-state index contributed by atoms with van der Waals surface area (Å²) >= 11 is 0. The molecule has 0 heterocycles. The molecule has 0 rings (SSSR count). The lowest BCUT2D eigenvalue weighted by molar-refractivity contribution is 0.433. The van der Waals surface area contributed by atoms with Gasteiger partial charge in [-0.25, -0.2) is 0 Å². The lowest BCUT2D eigenvalue weighted by Gasteiger charge is -2.10. The van der Waals surface area contributed by atoms with Gasteiger partial charge in [0.15, 0.2) is 0 Å². The lowest BCUT2D eigenvalue weighted by Crippen LogP contribution is -1.95.